The number of carbonyl (C=O) groups is 1. The van der Waals surface area contributed by atoms with Crippen LogP contribution in [0.15, 0.2) is 12.1 Å². The number of rotatable bonds is 3. The number of carbonyl (C=O) groups excluding carboxylic acids is 1. The standard InChI is InChI=1S/C20H29IN4O/c1-4-25(5-2)20(26)23-13-9-14-17(24(3)11-13)8-12-10-22-16-7-6-15(21)19(14)18(12)16/h6-7,12-14,17,22H,4-5,8-11H2,1-3H3,(H,23,26)/t12?,13-,14-,17+/m0/s1. The number of benzene rings is 1. The maximum absolute atomic E-state index is 12.6. The molecule has 4 rings (SSSR count). The van der Waals surface area contributed by atoms with Crippen LogP contribution in [0.3, 0.4) is 0 Å². The van der Waals surface area contributed by atoms with Crippen molar-refractivity contribution in [2.45, 2.75) is 50.6 Å². The number of hydrogen-bond acceptors (Lipinski definition) is 3. The zero-order valence-corrected chi connectivity index (χ0v) is 18.0. The summed E-state index contributed by atoms with van der Waals surface area (Å²) in [6.07, 6.45) is 2.27. The highest BCUT2D eigenvalue weighted by Gasteiger charge is 2.45. The van der Waals surface area contributed by atoms with Gasteiger partial charge in [0.05, 0.1) is 0 Å². The minimum absolute atomic E-state index is 0.0789. The van der Waals surface area contributed by atoms with Crippen molar-refractivity contribution in [2.75, 3.05) is 38.5 Å². The molecule has 0 radical (unpaired) electrons. The summed E-state index contributed by atoms with van der Waals surface area (Å²) < 4.78 is 1.38. The third kappa shape index (κ3) is 2.99. The Kier molecular flexibility index (Phi) is 5.07. The molecule has 1 saturated heterocycles. The average molecular weight is 468 g/mol. The monoisotopic (exact) mass is 468 g/mol. The van der Waals surface area contributed by atoms with Gasteiger partial charge >= 0.3 is 6.03 Å². The van der Waals surface area contributed by atoms with Gasteiger partial charge in [-0.15, -0.1) is 0 Å². The van der Waals surface area contributed by atoms with E-state index >= 15 is 0 Å². The van der Waals surface area contributed by atoms with E-state index in [1.165, 1.54) is 15.7 Å². The van der Waals surface area contributed by atoms with Crippen LogP contribution in [0.25, 0.3) is 0 Å². The van der Waals surface area contributed by atoms with Gasteiger partial charge < -0.3 is 20.4 Å². The van der Waals surface area contributed by atoms with Crippen LogP contribution in [0.4, 0.5) is 10.5 Å². The number of anilines is 1. The molecule has 0 spiro atoms. The molecule has 6 heteroatoms. The van der Waals surface area contributed by atoms with E-state index in [0.717, 1.165) is 32.6 Å². The van der Waals surface area contributed by atoms with Crippen molar-refractivity contribution in [3.8, 4) is 0 Å². The lowest BCUT2D eigenvalue weighted by molar-refractivity contribution is 0.108. The smallest absolute Gasteiger partial charge is 0.317 e. The Morgan fingerprint density at radius 2 is 2.08 bits per heavy atom. The van der Waals surface area contributed by atoms with Gasteiger partial charge in [-0.3, -0.25) is 0 Å². The van der Waals surface area contributed by atoms with E-state index < -0.39 is 0 Å². The maximum Gasteiger partial charge on any atom is 0.317 e. The largest absolute Gasteiger partial charge is 0.384 e. The second kappa shape index (κ2) is 7.19. The molecule has 3 aliphatic rings. The summed E-state index contributed by atoms with van der Waals surface area (Å²) in [7, 11) is 2.23. The SMILES string of the molecule is CCN(CC)C(=O)N[C@H]1C[C@@H]2c3c(I)ccc4c3C(CN4)C[C@H]2N(C)C1. The van der Waals surface area contributed by atoms with Gasteiger partial charge in [0.1, 0.15) is 0 Å². The summed E-state index contributed by atoms with van der Waals surface area (Å²) in [5.74, 6) is 1.15. The number of hydrogen-bond donors (Lipinski definition) is 2. The normalized spacial score (nSPS) is 29.5. The molecule has 1 fully saturated rings. The van der Waals surface area contributed by atoms with E-state index in [2.05, 4.69) is 57.3 Å². The molecule has 0 aromatic heterocycles. The van der Waals surface area contributed by atoms with Gasteiger partial charge in [0.2, 0.25) is 0 Å². The quantitative estimate of drug-likeness (QED) is 0.669. The highest BCUT2D eigenvalue weighted by Crippen LogP contribution is 2.51. The number of halogens is 1. The van der Waals surface area contributed by atoms with Crippen molar-refractivity contribution in [1.29, 1.82) is 0 Å². The molecular weight excluding hydrogens is 439 g/mol. The van der Waals surface area contributed by atoms with E-state index in [-0.39, 0.29) is 12.1 Å². The van der Waals surface area contributed by atoms with E-state index in [1.54, 1.807) is 11.1 Å². The molecule has 1 aromatic rings. The summed E-state index contributed by atoms with van der Waals surface area (Å²) in [6.45, 7) is 7.61. The minimum Gasteiger partial charge on any atom is -0.384 e. The number of fused-ring (bicyclic) bond motifs is 2. The molecule has 1 aliphatic carbocycles. The van der Waals surface area contributed by atoms with Crippen molar-refractivity contribution in [3.63, 3.8) is 0 Å². The summed E-state index contributed by atoms with van der Waals surface area (Å²) in [6, 6.07) is 5.37. The average Bonchev–Trinajstić information content (AvgIpc) is 3.02. The third-order valence-corrected chi connectivity index (χ3v) is 7.47. The topological polar surface area (TPSA) is 47.6 Å². The van der Waals surface area contributed by atoms with E-state index in [0.29, 0.717) is 17.9 Å². The maximum atomic E-state index is 12.6. The van der Waals surface area contributed by atoms with Crippen LogP contribution >= 0.6 is 22.6 Å². The van der Waals surface area contributed by atoms with Crippen LogP contribution in [0.5, 0.6) is 0 Å². The summed E-state index contributed by atoms with van der Waals surface area (Å²) in [5, 5.41) is 6.91. The van der Waals surface area contributed by atoms with E-state index in [1.807, 2.05) is 18.7 Å². The Labute approximate surface area is 170 Å². The lowest BCUT2D eigenvalue weighted by Crippen LogP contribution is -2.56. The first-order chi connectivity index (χ1) is 12.5. The minimum atomic E-state index is 0.0789. The molecule has 2 heterocycles. The number of amides is 2. The van der Waals surface area contributed by atoms with Gasteiger partial charge in [-0.05, 0) is 79.6 Å². The van der Waals surface area contributed by atoms with Crippen molar-refractivity contribution >= 4 is 34.3 Å². The number of likely N-dealkylation sites (tertiary alicyclic amines) is 1. The fourth-order valence-corrected chi connectivity index (χ4v) is 6.14. The lowest BCUT2D eigenvalue weighted by Gasteiger charge is -2.48. The molecule has 1 unspecified atom stereocenters. The first-order valence-electron chi connectivity index (χ1n) is 9.85. The molecule has 26 heavy (non-hydrogen) atoms. The zero-order valence-electron chi connectivity index (χ0n) is 15.9. The van der Waals surface area contributed by atoms with Gasteiger partial charge in [-0.25, -0.2) is 4.79 Å². The van der Waals surface area contributed by atoms with E-state index in [9.17, 15) is 4.79 Å². The lowest BCUT2D eigenvalue weighted by atomic mass is 9.70. The zero-order chi connectivity index (χ0) is 18.4. The second-order valence-corrected chi connectivity index (χ2v) is 9.07. The molecule has 1 aromatic carbocycles. The van der Waals surface area contributed by atoms with Gasteiger partial charge in [0, 0.05) is 59.4 Å². The Hall–Kier alpha value is -1.02. The number of nitrogens with zero attached hydrogens (tertiary/aromatic N) is 2. The second-order valence-electron chi connectivity index (χ2n) is 7.90. The number of likely N-dealkylation sites (N-methyl/N-ethyl adjacent to an activating group) is 1. The summed E-state index contributed by atoms with van der Waals surface area (Å²) in [4.78, 5) is 16.9. The number of piperidine rings is 1. The Bertz CT molecular complexity index is 705. The number of nitrogens with one attached hydrogen (secondary N) is 2. The molecule has 2 amide bonds. The van der Waals surface area contributed by atoms with Crippen molar-refractivity contribution in [2.24, 2.45) is 0 Å². The molecule has 4 atom stereocenters. The fraction of sp³-hybridized carbons (Fsp3) is 0.650. The molecule has 0 bridgehead atoms. The molecule has 0 saturated carbocycles. The predicted octanol–water partition coefficient (Wildman–Crippen LogP) is 3.41. The molecule has 142 valence electrons. The Balaban J connectivity index is 1.60. The van der Waals surface area contributed by atoms with Gasteiger partial charge in [0.25, 0.3) is 0 Å². The van der Waals surface area contributed by atoms with Crippen LogP contribution in [0, 0.1) is 3.57 Å². The van der Waals surface area contributed by atoms with Gasteiger partial charge in [-0.1, -0.05) is 0 Å². The Morgan fingerprint density at radius 3 is 2.81 bits per heavy atom. The highest BCUT2D eigenvalue weighted by atomic mass is 127. The van der Waals surface area contributed by atoms with Crippen LogP contribution in [-0.2, 0) is 0 Å². The van der Waals surface area contributed by atoms with Crippen LogP contribution in [-0.4, -0.2) is 61.1 Å². The van der Waals surface area contributed by atoms with Gasteiger partial charge in [-0.2, -0.15) is 0 Å². The van der Waals surface area contributed by atoms with Crippen molar-refractivity contribution < 1.29 is 4.79 Å². The van der Waals surface area contributed by atoms with Crippen LogP contribution < -0.4 is 10.6 Å². The number of urea groups is 1. The summed E-state index contributed by atoms with van der Waals surface area (Å²) >= 11 is 2.51. The van der Waals surface area contributed by atoms with Gasteiger partial charge in [0.15, 0.2) is 0 Å². The van der Waals surface area contributed by atoms with Crippen molar-refractivity contribution in [1.82, 2.24) is 15.1 Å². The first-order valence-corrected chi connectivity index (χ1v) is 10.9. The third-order valence-electron chi connectivity index (χ3n) is 6.53. The molecule has 5 nitrogen and oxygen atoms in total. The molecular formula is C20H29IN4O. The van der Waals surface area contributed by atoms with Crippen molar-refractivity contribution in [3.05, 3.63) is 26.8 Å². The highest BCUT2D eigenvalue weighted by molar-refractivity contribution is 14.1. The van der Waals surface area contributed by atoms with E-state index in [4.69, 9.17) is 0 Å². The van der Waals surface area contributed by atoms with Crippen LogP contribution in [0.1, 0.15) is 49.7 Å². The molecule has 2 N–H and O–H groups in total. The first kappa shape index (κ1) is 18.3. The Morgan fingerprint density at radius 1 is 1.31 bits per heavy atom. The summed E-state index contributed by atoms with van der Waals surface area (Å²) in [5.41, 5.74) is 4.44. The fourth-order valence-electron chi connectivity index (χ4n) is 5.27. The van der Waals surface area contributed by atoms with Crippen LogP contribution in [0.2, 0.25) is 0 Å². The molecule has 2 aliphatic heterocycles. The predicted molar refractivity (Wildman–Crippen MR) is 114 cm³/mol.